The van der Waals surface area contributed by atoms with Crippen molar-refractivity contribution in [1.82, 2.24) is 5.32 Å². The maximum atomic E-state index is 9.35. The fraction of sp³-hybridized carbons (Fsp3) is 0.571. The molecule has 0 aliphatic heterocycles. The average molecular weight is 234 g/mol. The SMILES string of the molecule is Nc1ccccc1CNC1CCCCC1CO. The molecule has 0 amide bonds. The van der Waals surface area contributed by atoms with Gasteiger partial charge in [-0.05, 0) is 30.4 Å². The lowest BCUT2D eigenvalue weighted by Gasteiger charge is -2.31. The molecule has 1 aliphatic rings. The van der Waals surface area contributed by atoms with Crippen LogP contribution in [-0.2, 0) is 6.54 Å². The molecule has 0 aromatic heterocycles. The second kappa shape index (κ2) is 6.03. The molecule has 1 aliphatic carbocycles. The first kappa shape index (κ1) is 12.4. The second-order valence-corrected chi connectivity index (χ2v) is 4.91. The normalized spacial score (nSPS) is 24.8. The monoisotopic (exact) mass is 234 g/mol. The predicted octanol–water partition coefficient (Wildman–Crippen LogP) is 1.91. The van der Waals surface area contributed by atoms with Gasteiger partial charge in [-0.3, -0.25) is 0 Å². The zero-order valence-electron chi connectivity index (χ0n) is 10.2. The van der Waals surface area contributed by atoms with Crippen molar-refractivity contribution in [3.05, 3.63) is 29.8 Å². The number of nitrogens with one attached hydrogen (secondary N) is 1. The lowest BCUT2D eigenvalue weighted by molar-refractivity contribution is 0.152. The zero-order chi connectivity index (χ0) is 12.1. The van der Waals surface area contributed by atoms with Crippen molar-refractivity contribution in [2.75, 3.05) is 12.3 Å². The summed E-state index contributed by atoms with van der Waals surface area (Å²) >= 11 is 0. The van der Waals surface area contributed by atoms with Crippen LogP contribution in [0.3, 0.4) is 0 Å². The Kier molecular flexibility index (Phi) is 4.40. The first-order chi connectivity index (χ1) is 8.31. The van der Waals surface area contributed by atoms with E-state index in [9.17, 15) is 5.11 Å². The van der Waals surface area contributed by atoms with Crippen molar-refractivity contribution in [3.63, 3.8) is 0 Å². The van der Waals surface area contributed by atoms with Gasteiger partial charge in [0.15, 0.2) is 0 Å². The molecule has 0 spiro atoms. The minimum atomic E-state index is 0.294. The minimum absolute atomic E-state index is 0.294. The second-order valence-electron chi connectivity index (χ2n) is 4.91. The highest BCUT2D eigenvalue weighted by atomic mass is 16.3. The molecule has 2 unspecified atom stereocenters. The number of para-hydroxylation sites is 1. The number of nitrogen functional groups attached to an aromatic ring is 1. The summed E-state index contributed by atoms with van der Waals surface area (Å²) in [5, 5.41) is 12.9. The summed E-state index contributed by atoms with van der Waals surface area (Å²) in [5.41, 5.74) is 7.91. The standard InChI is InChI=1S/C14H22N2O/c15-13-7-3-1-5-11(13)9-16-14-8-4-2-6-12(14)10-17/h1,3,5,7,12,14,16-17H,2,4,6,8-10,15H2. The number of aliphatic hydroxyl groups is 1. The third kappa shape index (κ3) is 3.20. The van der Waals surface area contributed by atoms with E-state index in [-0.39, 0.29) is 0 Å². The Bertz CT molecular complexity index is 354. The molecule has 3 nitrogen and oxygen atoms in total. The van der Waals surface area contributed by atoms with E-state index in [0.717, 1.165) is 30.6 Å². The molecule has 2 rings (SSSR count). The van der Waals surface area contributed by atoms with E-state index in [0.29, 0.717) is 18.6 Å². The van der Waals surface area contributed by atoms with E-state index in [4.69, 9.17) is 5.73 Å². The van der Waals surface area contributed by atoms with Gasteiger partial charge in [0.1, 0.15) is 0 Å². The van der Waals surface area contributed by atoms with Crippen molar-refractivity contribution in [2.24, 2.45) is 5.92 Å². The van der Waals surface area contributed by atoms with Gasteiger partial charge < -0.3 is 16.2 Å². The number of benzene rings is 1. The summed E-state index contributed by atoms with van der Waals surface area (Å²) < 4.78 is 0. The molecule has 0 heterocycles. The Morgan fingerprint density at radius 1 is 1.24 bits per heavy atom. The first-order valence-electron chi connectivity index (χ1n) is 6.49. The third-order valence-electron chi connectivity index (χ3n) is 3.75. The van der Waals surface area contributed by atoms with Crippen molar-refractivity contribution in [2.45, 2.75) is 38.3 Å². The lowest BCUT2D eigenvalue weighted by atomic mass is 9.85. The molecule has 4 N–H and O–H groups in total. The van der Waals surface area contributed by atoms with Gasteiger partial charge in [-0.1, -0.05) is 31.0 Å². The number of rotatable bonds is 4. The molecule has 0 radical (unpaired) electrons. The van der Waals surface area contributed by atoms with Gasteiger partial charge in [0, 0.05) is 24.9 Å². The summed E-state index contributed by atoms with van der Waals surface area (Å²) in [6, 6.07) is 8.39. The summed E-state index contributed by atoms with van der Waals surface area (Å²) in [6.07, 6.45) is 4.81. The van der Waals surface area contributed by atoms with E-state index in [1.54, 1.807) is 0 Å². The lowest BCUT2D eigenvalue weighted by Crippen LogP contribution is -2.39. The van der Waals surface area contributed by atoms with Crippen LogP contribution < -0.4 is 11.1 Å². The van der Waals surface area contributed by atoms with E-state index >= 15 is 0 Å². The Morgan fingerprint density at radius 2 is 2.00 bits per heavy atom. The molecule has 1 fully saturated rings. The zero-order valence-corrected chi connectivity index (χ0v) is 10.2. The van der Waals surface area contributed by atoms with Crippen LogP contribution in [0, 0.1) is 5.92 Å². The van der Waals surface area contributed by atoms with E-state index in [1.165, 1.54) is 12.8 Å². The highest BCUT2D eigenvalue weighted by molar-refractivity contribution is 5.46. The van der Waals surface area contributed by atoms with Crippen LogP contribution in [0.2, 0.25) is 0 Å². The Labute approximate surface area is 103 Å². The molecule has 0 bridgehead atoms. The number of nitrogens with two attached hydrogens (primary N) is 1. The van der Waals surface area contributed by atoms with Crippen LogP contribution in [0.5, 0.6) is 0 Å². The summed E-state index contributed by atoms with van der Waals surface area (Å²) in [7, 11) is 0. The van der Waals surface area contributed by atoms with Crippen LogP contribution in [0.1, 0.15) is 31.2 Å². The first-order valence-corrected chi connectivity index (χ1v) is 6.49. The molecule has 17 heavy (non-hydrogen) atoms. The van der Waals surface area contributed by atoms with Crippen molar-refractivity contribution in [3.8, 4) is 0 Å². The Balaban J connectivity index is 1.90. The summed E-state index contributed by atoms with van der Waals surface area (Å²) in [5.74, 6) is 0.411. The van der Waals surface area contributed by atoms with Crippen LogP contribution in [0.4, 0.5) is 5.69 Å². The van der Waals surface area contributed by atoms with Crippen LogP contribution in [0.15, 0.2) is 24.3 Å². The van der Waals surface area contributed by atoms with Gasteiger partial charge in [0.25, 0.3) is 0 Å². The molecule has 0 saturated heterocycles. The number of anilines is 1. The van der Waals surface area contributed by atoms with Gasteiger partial charge in [-0.15, -0.1) is 0 Å². The van der Waals surface area contributed by atoms with Gasteiger partial charge >= 0.3 is 0 Å². The van der Waals surface area contributed by atoms with E-state index in [1.807, 2.05) is 18.2 Å². The van der Waals surface area contributed by atoms with Crippen LogP contribution in [-0.4, -0.2) is 17.8 Å². The van der Waals surface area contributed by atoms with E-state index in [2.05, 4.69) is 11.4 Å². The largest absolute Gasteiger partial charge is 0.398 e. The smallest absolute Gasteiger partial charge is 0.0474 e. The minimum Gasteiger partial charge on any atom is -0.398 e. The van der Waals surface area contributed by atoms with Crippen LogP contribution in [0.25, 0.3) is 0 Å². The molecule has 1 aromatic carbocycles. The molecular weight excluding hydrogens is 212 g/mol. The predicted molar refractivity (Wildman–Crippen MR) is 70.5 cm³/mol. The van der Waals surface area contributed by atoms with Crippen molar-refractivity contribution >= 4 is 5.69 Å². The molecule has 3 heteroatoms. The Hall–Kier alpha value is -1.06. The van der Waals surface area contributed by atoms with Crippen molar-refractivity contribution in [1.29, 1.82) is 0 Å². The third-order valence-corrected chi connectivity index (χ3v) is 3.75. The number of aliphatic hydroxyl groups excluding tert-OH is 1. The fourth-order valence-corrected chi connectivity index (χ4v) is 2.63. The fourth-order valence-electron chi connectivity index (χ4n) is 2.63. The highest BCUT2D eigenvalue weighted by Crippen LogP contribution is 2.24. The summed E-state index contributed by atoms with van der Waals surface area (Å²) in [6.45, 7) is 1.09. The van der Waals surface area contributed by atoms with Crippen LogP contribution >= 0.6 is 0 Å². The molecule has 1 saturated carbocycles. The van der Waals surface area contributed by atoms with E-state index < -0.39 is 0 Å². The average Bonchev–Trinajstić information content (AvgIpc) is 2.38. The quantitative estimate of drug-likeness (QED) is 0.697. The molecule has 1 aromatic rings. The highest BCUT2D eigenvalue weighted by Gasteiger charge is 2.23. The topological polar surface area (TPSA) is 58.3 Å². The maximum absolute atomic E-state index is 9.35. The molecular formula is C14H22N2O. The summed E-state index contributed by atoms with van der Waals surface area (Å²) in [4.78, 5) is 0. The van der Waals surface area contributed by atoms with Crippen molar-refractivity contribution < 1.29 is 5.11 Å². The van der Waals surface area contributed by atoms with Gasteiger partial charge in [-0.2, -0.15) is 0 Å². The maximum Gasteiger partial charge on any atom is 0.0474 e. The number of hydrogen-bond acceptors (Lipinski definition) is 3. The van der Waals surface area contributed by atoms with Gasteiger partial charge in [0.2, 0.25) is 0 Å². The van der Waals surface area contributed by atoms with Gasteiger partial charge in [0.05, 0.1) is 0 Å². The van der Waals surface area contributed by atoms with Gasteiger partial charge in [-0.25, -0.2) is 0 Å². The molecule has 2 atom stereocenters. The number of hydrogen-bond donors (Lipinski definition) is 3. The molecule has 94 valence electrons. The Morgan fingerprint density at radius 3 is 2.76 bits per heavy atom.